The Morgan fingerprint density at radius 2 is 1.22 bits per heavy atom. The highest BCUT2D eigenvalue weighted by Crippen LogP contribution is 2.51. The standard InChI is InChI=1S/C20H32O7/c1-22-12-23-14-13(21)15-17(26-19(24-15)8-4-2-5-9-19)18-16(14)25-20(27-18)10-6-3-7-11-20/h13-18,21H,2-12H2,1H3. The van der Waals surface area contributed by atoms with Crippen molar-refractivity contribution in [3.63, 3.8) is 0 Å². The second-order valence-corrected chi connectivity index (χ2v) is 8.80. The van der Waals surface area contributed by atoms with E-state index in [4.69, 9.17) is 28.4 Å². The molecule has 0 amide bonds. The Balaban J connectivity index is 1.42. The third-order valence-electron chi connectivity index (χ3n) is 6.98. The third-order valence-corrected chi connectivity index (χ3v) is 6.98. The summed E-state index contributed by atoms with van der Waals surface area (Å²) in [4.78, 5) is 0. The molecule has 0 radical (unpaired) electrons. The monoisotopic (exact) mass is 384 g/mol. The Labute approximate surface area is 160 Å². The Morgan fingerprint density at radius 1 is 0.741 bits per heavy atom. The quantitative estimate of drug-likeness (QED) is 0.748. The first-order chi connectivity index (χ1) is 13.2. The van der Waals surface area contributed by atoms with Crippen molar-refractivity contribution in [1.29, 1.82) is 0 Å². The van der Waals surface area contributed by atoms with Crippen molar-refractivity contribution in [1.82, 2.24) is 0 Å². The number of ether oxygens (including phenoxy) is 6. The summed E-state index contributed by atoms with van der Waals surface area (Å²) in [5, 5.41) is 11.1. The maximum atomic E-state index is 11.1. The summed E-state index contributed by atoms with van der Waals surface area (Å²) < 4.78 is 36.8. The van der Waals surface area contributed by atoms with Crippen molar-refractivity contribution in [3.8, 4) is 0 Å². The topological polar surface area (TPSA) is 75.6 Å². The highest BCUT2D eigenvalue weighted by atomic mass is 16.8. The van der Waals surface area contributed by atoms with E-state index in [1.807, 2.05) is 0 Å². The van der Waals surface area contributed by atoms with Crippen LogP contribution in [-0.2, 0) is 28.4 Å². The van der Waals surface area contributed by atoms with Crippen LogP contribution < -0.4 is 0 Å². The van der Waals surface area contributed by atoms with Gasteiger partial charge in [0, 0.05) is 32.8 Å². The molecule has 5 aliphatic rings. The molecule has 2 aliphatic heterocycles. The number of fused-ring (bicyclic) bond motifs is 3. The average molecular weight is 384 g/mol. The van der Waals surface area contributed by atoms with E-state index in [0.717, 1.165) is 51.4 Å². The maximum Gasteiger partial charge on any atom is 0.169 e. The first-order valence-corrected chi connectivity index (χ1v) is 10.7. The SMILES string of the molecule is COCOC1C(O)C2OC3(CCCCC3)OC2C2OC3(CCCCC3)OC12. The van der Waals surface area contributed by atoms with E-state index in [-0.39, 0.29) is 25.1 Å². The summed E-state index contributed by atoms with van der Waals surface area (Å²) in [6.07, 6.45) is 7.55. The number of methoxy groups -OCH3 is 1. The highest BCUT2D eigenvalue weighted by Gasteiger charge is 2.66. The van der Waals surface area contributed by atoms with Crippen LogP contribution in [0.2, 0.25) is 0 Å². The summed E-state index contributed by atoms with van der Waals surface area (Å²) in [5.74, 6) is -1.15. The van der Waals surface area contributed by atoms with Crippen LogP contribution in [-0.4, -0.2) is 67.2 Å². The lowest BCUT2D eigenvalue weighted by Gasteiger charge is -2.40. The molecule has 3 aliphatic carbocycles. The van der Waals surface area contributed by atoms with Gasteiger partial charge in [-0.1, -0.05) is 12.8 Å². The summed E-state index contributed by atoms with van der Waals surface area (Å²) in [6, 6.07) is 0. The highest BCUT2D eigenvalue weighted by molar-refractivity contribution is 5.10. The number of hydrogen-bond acceptors (Lipinski definition) is 7. The van der Waals surface area contributed by atoms with Gasteiger partial charge in [-0.05, 0) is 25.7 Å². The fourth-order valence-electron chi connectivity index (χ4n) is 5.72. The minimum atomic E-state index is -0.824. The average Bonchev–Trinajstić information content (AvgIpc) is 3.22. The number of hydrogen-bond donors (Lipinski definition) is 1. The predicted molar refractivity (Wildman–Crippen MR) is 93.9 cm³/mol. The van der Waals surface area contributed by atoms with Crippen LogP contribution in [0, 0.1) is 0 Å². The zero-order valence-electron chi connectivity index (χ0n) is 16.1. The van der Waals surface area contributed by atoms with E-state index in [1.54, 1.807) is 7.11 Å². The van der Waals surface area contributed by atoms with Crippen molar-refractivity contribution in [2.75, 3.05) is 13.9 Å². The van der Waals surface area contributed by atoms with Gasteiger partial charge in [0.15, 0.2) is 11.6 Å². The fourth-order valence-corrected chi connectivity index (χ4v) is 5.72. The Morgan fingerprint density at radius 3 is 1.78 bits per heavy atom. The van der Waals surface area contributed by atoms with Crippen molar-refractivity contribution in [2.24, 2.45) is 0 Å². The van der Waals surface area contributed by atoms with Crippen LogP contribution in [0.25, 0.3) is 0 Å². The molecular formula is C20H32O7. The lowest BCUT2D eigenvalue weighted by molar-refractivity contribution is -0.232. The van der Waals surface area contributed by atoms with Crippen molar-refractivity contribution in [3.05, 3.63) is 0 Å². The van der Waals surface area contributed by atoms with Gasteiger partial charge in [-0.2, -0.15) is 0 Å². The van der Waals surface area contributed by atoms with Crippen LogP contribution >= 0.6 is 0 Å². The second kappa shape index (κ2) is 7.20. The first kappa shape index (κ1) is 18.7. The molecule has 6 unspecified atom stereocenters. The van der Waals surface area contributed by atoms with Crippen molar-refractivity contribution in [2.45, 2.75) is 112 Å². The molecular weight excluding hydrogens is 352 g/mol. The second-order valence-electron chi connectivity index (χ2n) is 8.80. The van der Waals surface area contributed by atoms with Gasteiger partial charge in [0.25, 0.3) is 0 Å². The predicted octanol–water partition coefficient (Wildman–Crippen LogP) is 2.24. The maximum absolute atomic E-state index is 11.1. The lowest BCUT2D eigenvalue weighted by atomic mass is 9.85. The van der Waals surface area contributed by atoms with Gasteiger partial charge < -0.3 is 33.5 Å². The minimum Gasteiger partial charge on any atom is -0.387 e. The fraction of sp³-hybridized carbons (Fsp3) is 1.00. The number of aliphatic hydroxyl groups excluding tert-OH is 1. The van der Waals surface area contributed by atoms with Gasteiger partial charge >= 0.3 is 0 Å². The van der Waals surface area contributed by atoms with Crippen molar-refractivity contribution < 1.29 is 33.5 Å². The van der Waals surface area contributed by atoms with E-state index < -0.39 is 29.9 Å². The van der Waals surface area contributed by atoms with E-state index in [1.165, 1.54) is 12.8 Å². The Hall–Kier alpha value is -0.280. The van der Waals surface area contributed by atoms with E-state index in [2.05, 4.69) is 0 Å². The van der Waals surface area contributed by atoms with Gasteiger partial charge in [0.05, 0.1) is 0 Å². The molecule has 7 heteroatoms. The van der Waals surface area contributed by atoms with Crippen LogP contribution in [0.15, 0.2) is 0 Å². The molecule has 27 heavy (non-hydrogen) atoms. The van der Waals surface area contributed by atoms with Gasteiger partial charge in [-0.3, -0.25) is 0 Å². The minimum absolute atomic E-state index is 0.102. The molecule has 3 saturated carbocycles. The summed E-state index contributed by atoms with van der Waals surface area (Å²) >= 11 is 0. The van der Waals surface area contributed by atoms with Gasteiger partial charge in [-0.25, -0.2) is 0 Å². The molecule has 2 spiro atoms. The molecule has 0 aromatic heterocycles. The Kier molecular flexibility index (Phi) is 4.99. The normalized spacial score (nSPS) is 45.1. The molecule has 1 N–H and O–H groups in total. The molecule has 154 valence electrons. The van der Waals surface area contributed by atoms with Crippen LogP contribution in [0.3, 0.4) is 0 Å². The molecule has 2 heterocycles. The van der Waals surface area contributed by atoms with Crippen molar-refractivity contribution >= 4 is 0 Å². The molecule has 7 nitrogen and oxygen atoms in total. The molecule has 2 saturated heterocycles. The van der Waals surface area contributed by atoms with E-state index in [9.17, 15) is 5.11 Å². The number of rotatable bonds is 3. The molecule has 5 fully saturated rings. The smallest absolute Gasteiger partial charge is 0.169 e. The van der Waals surface area contributed by atoms with Gasteiger partial charge in [0.2, 0.25) is 0 Å². The number of aliphatic hydroxyl groups is 1. The van der Waals surface area contributed by atoms with Crippen LogP contribution in [0.4, 0.5) is 0 Å². The summed E-state index contributed by atoms with van der Waals surface area (Å²) in [6.45, 7) is 0.102. The molecule has 0 bridgehead atoms. The van der Waals surface area contributed by atoms with Crippen LogP contribution in [0.1, 0.15) is 64.2 Å². The summed E-state index contributed by atoms with van der Waals surface area (Å²) in [7, 11) is 1.58. The summed E-state index contributed by atoms with van der Waals surface area (Å²) in [5.41, 5.74) is 0. The molecule has 6 atom stereocenters. The van der Waals surface area contributed by atoms with Gasteiger partial charge in [-0.15, -0.1) is 0 Å². The van der Waals surface area contributed by atoms with Gasteiger partial charge in [0.1, 0.15) is 43.4 Å². The zero-order chi connectivity index (χ0) is 18.5. The molecule has 5 rings (SSSR count). The zero-order valence-corrected chi connectivity index (χ0v) is 16.1. The van der Waals surface area contributed by atoms with E-state index >= 15 is 0 Å². The van der Waals surface area contributed by atoms with Crippen LogP contribution in [0.5, 0.6) is 0 Å². The van der Waals surface area contributed by atoms with E-state index in [0.29, 0.717) is 0 Å². The first-order valence-electron chi connectivity index (χ1n) is 10.7. The molecule has 0 aromatic rings. The molecule has 0 aromatic carbocycles. The third kappa shape index (κ3) is 3.16. The largest absolute Gasteiger partial charge is 0.387 e. The Bertz CT molecular complexity index is 516. The lowest BCUT2D eigenvalue weighted by Crippen LogP contribution is -2.62.